The zero-order valence-corrected chi connectivity index (χ0v) is 20.3. The Kier molecular flexibility index (Phi) is 8.11. The monoisotopic (exact) mass is 478 g/mol. The van der Waals surface area contributed by atoms with Crippen molar-refractivity contribution < 1.29 is 12.8 Å². The molecule has 2 aliphatic rings. The highest BCUT2D eigenvalue weighted by atomic mass is 32.2. The minimum atomic E-state index is -3.32. The number of benzene rings is 1. The fourth-order valence-electron chi connectivity index (χ4n) is 4.69. The molecule has 2 saturated heterocycles. The maximum atomic E-state index is 13.9. The summed E-state index contributed by atoms with van der Waals surface area (Å²) in [4.78, 5) is 4.49. The van der Waals surface area contributed by atoms with Gasteiger partial charge in [0.2, 0.25) is 10.0 Å². The number of halogens is 1. The van der Waals surface area contributed by atoms with Gasteiger partial charge in [-0.15, -0.1) is 5.10 Å². The van der Waals surface area contributed by atoms with Gasteiger partial charge in [0.15, 0.2) is 0 Å². The quantitative estimate of drug-likeness (QED) is 0.488. The van der Waals surface area contributed by atoms with Crippen molar-refractivity contribution in [3.63, 3.8) is 0 Å². The minimum Gasteiger partial charge on any atom is -0.296 e. The first kappa shape index (κ1) is 24.3. The maximum absolute atomic E-state index is 13.9. The van der Waals surface area contributed by atoms with E-state index < -0.39 is 10.0 Å². The van der Waals surface area contributed by atoms with Gasteiger partial charge in [0, 0.05) is 63.6 Å². The molecule has 0 bridgehead atoms. The molecule has 2 aromatic rings. The molecule has 0 saturated carbocycles. The summed E-state index contributed by atoms with van der Waals surface area (Å²) in [7, 11) is -3.32. The average molecular weight is 479 g/mol. The van der Waals surface area contributed by atoms with E-state index in [1.54, 1.807) is 10.4 Å². The Hall–Kier alpha value is -1.88. The minimum absolute atomic E-state index is 0.0188. The lowest BCUT2D eigenvalue weighted by atomic mass is 10.1. The first-order chi connectivity index (χ1) is 15.9. The van der Waals surface area contributed by atoms with Gasteiger partial charge >= 0.3 is 0 Å². The fourth-order valence-corrected chi connectivity index (χ4v) is 6.43. The number of rotatable bonds is 10. The van der Waals surface area contributed by atoms with Gasteiger partial charge in [0.25, 0.3) is 0 Å². The molecule has 2 aliphatic heterocycles. The molecule has 1 unspecified atom stereocenters. The molecule has 4 rings (SSSR count). The van der Waals surface area contributed by atoms with Crippen LogP contribution in [0.5, 0.6) is 0 Å². The molecule has 2 fully saturated rings. The van der Waals surface area contributed by atoms with Crippen LogP contribution in [0.4, 0.5) is 4.39 Å². The second-order valence-corrected chi connectivity index (χ2v) is 11.2. The highest BCUT2D eigenvalue weighted by molar-refractivity contribution is 7.89. The lowest BCUT2D eigenvalue weighted by Gasteiger charge is -2.37. The van der Waals surface area contributed by atoms with Crippen molar-refractivity contribution in [1.29, 1.82) is 0 Å². The van der Waals surface area contributed by atoms with Gasteiger partial charge in [-0.2, -0.15) is 4.31 Å². The lowest BCUT2D eigenvalue weighted by Crippen LogP contribution is -2.51. The lowest BCUT2D eigenvalue weighted by molar-refractivity contribution is 0.0959. The first-order valence-corrected chi connectivity index (χ1v) is 13.6. The highest BCUT2D eigenvalue weighted by Crippen LogP contribution is 2.22. The Morgan fingerprint density at radius 1 is 1.06 bits per heavy atom. The van der Waals surface area contributed by atoms with Crippen molar-refractivity contribution in [2.45, 2.75) is 58.3 Å². The van der Waals surface area contributed by atoms with Crippen LogP contribution in [-0.2, 0) is 29.7 Å². The van der Waals surface area contributed by atoms with E-state index in [-0.39, 0.29) is 24.2 Å². The van der Waals surface area contributed by atoms with Gasteiger partial charge in [-0.1, -0.05) is 49.6 Å². The van der Waals surface area contributed by atoms with Crippen molar-refractivity contribution in [3.05, 3.63) is 47.5 Å². The predicted octanol–water partition coefficient (Wildman–Crippen LogP) is 2.33. The summed E-state index contributed by atoms with van der Waals surface area (Å²) in [6.07, 6.45) is 6.50. The molecule has 3 heterocycles. The van der Waals surface area contributed by atoms with Crippen LogP contribution in [0.1, 0.15) is 43.9 Å². The molecular formula is C23H35FN6O2S. The Labute approximate surface area is 196 Å². The summed E-state index contributed by atoms with van der Waals surface area (Å²) >= 11 is 0. The number of hydrogen-bond acceptors (Lipinski definition) is 6. The van der Waals surface area contributed by atoms with E-state index in [2.05, 4.69) is 27.0 Å². The van der Waals surface area contributed by atoms with Crippen molar-refractivity contribution >= 4 is 10.0 Å². The predicted molar refractivity (Wildman–Crippen MR) is 125 cm³/mol. The number of aromatic nitrogens is 3. The van der Waals surface area contributed by atoms with Crippen molar-refractivity contribution in [3.8, 4) is 0 Å². The summed E-state index contributed by atoms with van der Waals surface area (Å²) in [5.41, 5.74) is 1.41. The molecule has 0 N–H and O–H groups in total. The van der Waals surface area contributed by atoms with E-state index in [4.69, 9.17) is 0 Å². The number of sulfonamides is 1. The van der Waals surface area contributed by atoms with Gasteiger partial charge in [-0.3, -0.25) is 14.5 Å². The van der Waals surface area contributed by atoms with Gasteiger partial charge in [0.1, 0.15) is 5.82 Å². The molecule has 182 valence electrons. The van der Waals surface area contributed by atoms with Crippen molar-refractivity contribution in [2.75, 3.05) is 38.5 Å². The average Bonchev–Trinajstić information content (AvgIpc) is 3.37. The van der Waals surface area contributed by atoms with E-state index >= 15 is 0 Å². The smallest absolute Gasteiger partial charge is 0.216 e. The molecule has 0 aliphatic carbocycles. The van der Waals surface area contributed by atoms with Crippen LogP contribution < -0.4 is 0 Å². The molecule has 33 heavy (non-hydrogen) atoms. The summed E-state index contributed by atoms with van der Waals surface area (Å²) in [5.74, 6) is -0.0267. The Morgan fingerprint density at radius 3 is 2.61 bits per heavy atom. The summed E-state index contributed by atoms with van der Waals surface area (Å²) < 4.78 is 42.9. The molecule has 1 atom stereocenters. The number of piperazine rings is 1. The third-order valence-electron chi connectivity index (χ3n) is 6.65. The van der Waals surface area contributed by atoms with E-state index in [1.165, 1.54) is 25.3 Å². The molecule has 10 heteroatoms. The second kappa shape index (κ2) is 11.0. The number of hydrogen-bond donors (Lipinski definition) is 0. The summed E-state index contributed by atoms with van der Waals surface area (Å²) in [6, 6.07) is 6.86. The maximum Gasteiger partial charge on any atom is 0.216 e. The van der Waals surface area contributed by atoms with Crippen LogP contribution in [0.15, 0.2) is 30.5 Å². The standard InChI is InChI=1S/C23H35FN6O2S/c1-2-3-4-7-10-29-16-21(25-26-29)17-30-18-22(19-33(30,31)32)28-13-11-27(12-14-28)15-20-8-5-6-9-23(20)24/h5-6,8-9,16,22H,2-4,7,10-15,17-19H2,1H3. The third kappa shape index (κ3) is 6.38. The summed E-state index contributed by atoms with van der Waals surface area (Å²) in [5, 5.41) is 8.36. The molecule has 0 spiro atoms. The van der Waals surface area contributed by atoms with Crippen LogP contribution in [-0.4, -0.2) is 82.0 Å². The van der Waals surface area contributed by atoms with E-state index in [0.717, 1.165) is 39.1 Å². The number of aryl methyl sites for hydroxylation is 1. The van der Waals surface area contributed by atoms with Gasteiger partial charge < -0.3 is 0 Å². The topological polar surface area (TPSA) is 74.6 Å². The molecule has 1 aromatic carbocycles. The van der Waals surface area contributed by atoms with Crippen LogP contribution in [0.2, 0.25) is 0 Å². The highest BCUT2D eigenvalue weighted by Gasteiger charge is 2.40. The van der Waals surface area contributed by atoms with E-state index in [0.29, 0.717) is 24.3 Å². The van der Waals surface area contributed by atoms with Gasteiger partial charge in [0.05, 0.1) is 18.0 Å². The van der Waals surface area contributed by atoms with Crippen LogP contribution in [0.25, 0.3) is 0 Å². The van der Waals surface area contributed by atoms with Crippen molar-refractivity contribution in [1.82, 2.24) is 29.1 Å². The Morgan fingerprint density at radius 2 is 1.85 bits per heavy atom. The number of nitrogens with zero attached hydrogens (tertiary/aromatic N) is 6. The van der Waals surface area contributed by atoms with E-state index in [9.17, 15) is 12.8 Å². The van der Waals surface area contributed by atoms with Crippen LogP contribution in [0.3, 0.4) is 0 Å². The molecule has 8 nitrogen and oxygen atoms in total. The van der Waals surface area contributed by atoms with Crippen LogP contribution in [0, 0.1) is 5.82 Å². The molecular weight excluding hydrogens is 443 g/mol. The normalized spacial score (nSPS) is 22.2. The zero-order chi connectivity index (χ0) is 23.3. The third-order valence-corrected chi connectivity index (χ3v) is 8.52. The van der Waals surface area contributed by atoms with Gasteiger partial charge in [-0.05, 0) is 12.5 Å². The zero-order valence-electron chi connectivity index (χ0n) is 19.4. The van der Waals surface area contributed by atoms with Crippen molar-refractivity contribution in [2.24, 2.45) is 0 Å². The van der Waals surface area contributed by atoms with E-state index in [1.807, 2.05) is 23.0 Å². The Balaban J connectivity index is 1.27. The Bertz CT molecular complexity index is 1010. The van der Waals surface area contributed by atoms with Crippen LogP contribution >= 0.6 is 0 Å². The summed E-state index contributed by atoms with van der Waals surface area (Å²) in [6.45, 7) is 7.54. The second-order valence-electron chi connectivity index (χ2n) is 9.16. The SMILES string of the molecule is CCCCCCn1cc(CN2CC(N3CCN(Cc4ccccc4F)CC3)CS2(=O)=O)nn1. The number of unbranched alkanes of at least 4 members (excludes halogenated alkanes) is 3. The molecule has 1 aromatic heterocycles. The first-order valence-electron chi connectivity index (χ1n) is 12.0. The molecule has 0 amide bonds. The van der Waals surface area contributed by atoms with Gasteiger partial charge in [-0.25, -0.2) is 12.8 Å². The largest absolute Gasteiger partial charge is 0.296 e. The fraction of sp³-hybridized carbons (Fsp3) is 0.652. The molecule has 0 radical (unpaired) electrons.